The van der Waals surface area contributed by atoms with Crippen molar-refractivity contribution in [3.63, 3.8) is 0 Å². The van der Waals surface area contributed by atoms with E-state index in [4.69, 9.17) is 15.6 Å². The van der Waals surface area contributed by atoms with Gasteiger partial charge < -0.3 is 10.0 Å². The number of hydrogen-bond acceptors (Lipinski definition) is 3. The van der Waals surface area contributed by atoms with E-state index in [9.17, 15) is 0 Å². The van der Waals surface area contributed by atoms with Crippen LogP contribution in [0.4, 0.5) is 0 Å². The Labute approximate surface area is 76.6 Å². The molecule has 0 fully saturated rings. The SMILES string of the molecule is N#CCCN(CCC#N)C(O)=S. The Hall–Kier alpha value is -1.33. The molecule has 0 spiro atoms. The highest BCUT2D eigenvalue weighted by Crippen LogP contribution is 1.94. The van der Waals surface area contributed by atoms with Crippen LogP contribution in [0.1, 0.15) is 12.8 Å². The van der Waals surface area contributed by atoms with Crippen LogP contribution in [-0.4, -0.2) is 28.3 Å². The highest BCUT2D eigenvalue weighted by atomic mass is 32.1. The molecule has 0 radical (unpaired) electrons. The topological polar surface area (TPSA) is 71.0 Å². The van der Waals surface area contributed by atoms with Crippen molar-refractivity contribution in [2.45, 2.75) is 12.8 Å². The minimum atomic E-state index is -0.250. The summed E-state index contributed by atoms with van der Waals surface area (Å²) < 4.78 is 0. The van der Waals surface area contributed by atoms with Crippen LogP contribution in [0.2, 0.25) is 0 Å². The zero-order valence-corrected chi connectivity index (χ0v) is 7.34. The second-order valence-electron chi connectivity index (χ2n) is 2.09. The van der Waals surface area contributed by atoms with Gasteiger partial charge in [0.25, 0.3) is 5.17 Å². The summed E-state index contributed by atoms with van der Waals surface area (Å²) in [5, 5.41) is 25.2. The van der Waals surface area contributed by atoms with E-state index in [1.54, 1.807) is 0 Å². The van der Waals surface area contributed by atoms with Crippen LogP contribution in [0.15, 0.2) is 0 Å². The normalized spacial score (nSPS) is 8.17. The fourth-order valence-electron chi connectivity index (χ4n) is 0.673. The highest BCUT2D eigenvalue weighted by Gasteiger charge is 2.05. The van der Waals surface area contributed by atoms with Crippen molar-refractivity contribution < 1.29 is 5.11 Å². The van der Waals surface area contributed by atoms with E-state index < -0.39 is 0 Å². The van der Waals surface area contributed by atoms with Crippen molar-refractivity contribution >= 4 is 17.4 Å². The second-order valence-corrected chi connectivity index (χ2v) is 2.45. The molecule has 0 aliphatic rings. The molecule has 0 aromatic carbocycles. The third kappa shape index (κ3) is 4.48. The Kier molecular flexibility index (Phi) is 5.68. The Morgan fingerprint density at radius 2 is 1.67 bits per heavy atom. The van der Waals surface area contributed by atoms with Crippen LogP contribution in [0, 0.1) is 22.7 Å². The average Bonchev–Trinajstić information content (AvgIpc) is 2.04. The molecule has 0 saturated carbocycles. The lowest BCUT2D eigenvalue weighted by molar-refractivity contribution is 0.355. The first-order chi connectivity index (χ1) is 5.72. The number of rotatable bonds is 4. The molecule has 0 saturated heterocycles. The zero-order valence-electron chi connectivity index (χ0n) is 6.53. The smallest absolute Gasteiger partial charge is 0.256 e. The van der Waals surface area contributed by atoms with Gasteiger partial charge in [-0.25, -0.2) is 0 Å². The Bertz CT molecular complexity index is 210. The lowest BCUT2D eigenvalue weighted by Crippen LogP contribution is -2.30. The molecule has 0 heterocycles. The van der Waals surface area contributed by atoms with Crippen LogP contribution < -0.4 is 0 Å². The van der Waals surface area contributed by atoms with E-state index in [1.807, 2.05) is 12.1 Å². The predicted molar refractivity (Wildman–Crippen MR) is 47.3 cm³/mol. The van der Waals surface area contributed by atoms with Crippen LogP contribution >= 0.6 is 12.2 Å². The molecule has 0 aromatic heterocycles. The second kappa shape index (κ2) is 6.38. The molecule has 0 rings (SSSR count). The summed E-state index contributed by atoms with van der Waals surface area (Å²) in [5.74, 6) is 0. The quantitative estimate of drug-likeness (QED) is 0.657. The maximum absolute atomic E-state index is 8.90. The van der Waals surface area contributed by atoms with Crippen molar-refractivity contribution in [1.82, 2.24) is 4.90 Å². The molecule has 5 heteroatoms. The molecule has 4 nitrogen and oxygen atoms in total. The number of aliphatic hydroxyl groups is 1. The van der Waals surface area contributed by atoms with Crippen molar-refractivity contribution in [3.05, 3.63) is 0 Å². The molecule has 0 aliphatic carbocycles. The molecule has 0 atom stereocenters. The fourth-order valence-corrected chi connectivity index (χ4v) is 0.856. The summed E-state index contributed by atoms with van der Waals surface area (Å²) in [4.78, 5) is 1.43. The van der Waals surface area contributed by atoms with Crippen molar-refractivity contribution in [2.75, 3.05) is 13.1 Å². The largest absolute Gasteiger partial charge is 0.486 e. The van der Waals surface area contributed by atoms with Crippen LogP contribution in [0.25, 0.3) is 0 Å². The molecule has 0 bridgehead atoms. The summed E-state index contributed by atoms with van der Waals surface area (Å²) in [5.41, 5.74) is 0. The third-order valence-electron chi connectivity index (χ3n) is 1.26. The van der Waals surface area contributed by atoms with Crippen LogP contribution in [-0.2, 0) is 0 Å². The summed E-state index contributed by atoms with van der Waals surface area (Å²) >= 11 is 4.51. The molecule has 0 amide bonds. The van der Waals surface area contributed by atoms with Gasteiger partial charge in [-0.15, -0.1) is 0 Å². The van der Waals surface area contributed by atoms with E-state index in [1.165, 1.54) is 4.90 Å². The molecular formula is C7H9N3OS. The molecule has 0 aromatic rings. The van der Waals surface area contributed by atoms with Crippen molar-refractivity contribution in [1.29, 1.82) is 10.5 Å². The van der Waals surface area contributed by atoms with Crippen LogP contribution in [0.3, 0.4) is 0 Å². The standard InChI is InChI=1S/C7H9N3OS/c8-3-1-5-10(7(11)12)6-2-4-9/h1-2,5-6H2,(H,11,12). The molecule has 12 heavy (non-hydrogen) atoms. The van der Waals surface area contributed by atoms with Gasteiger partial charge in [0.1, 0.15) is 0 Å². The number of nitriles is 2. The van der Waals surface area contributed by atoms with E-state index in [0.29, 0.717) is 25.9 Å². The van der Waals surface area contributed by atoms with E-state index in [-0.39, 0.29) is 5.17 Å². The summed E-state index contributed by atoms with van der Waals surface area (Å²) in [7, 11) is 0. The first-order valence-corrected chi connectivity index (χ1v) is 3.85. The van der Waals surface area contributed by atoms with Crippen molar-refractivity contribution in [3.8, 4) is 12.1 Å². The first kappa shape index (κ1) is 10.7. The number of aliphatic hydroxyl groups excluding tert-OH is 1. The minimum absolute atomic E-state index is 0.250. The van der Waals surface area contributed by atoms with Gasteiger partial charge in [0, 0.05) is 13.1 Å². The van der Waals surface area contributed by atoms with Gasteiger partial charge in [-0.2, -0.15) is 10.5 Å². The highest BCUT2D eigenvalue weighted by molar-refractivity contribution is 7.79. The molecule has 1 N–H and O–H groups in total. The van der Waals surface area contributed by atoms with Gasteiger partial charge in [0.15, 0.2) is 0 Å². The van der Waals surface area contributed by atoms with Gasteiger partial charge in [-0.3, -0.25) is 0 Å². The number of nitrogens with zero attached hydrogens (tertiary/aromatic N) is 3. The van der Waals surface area contributed by atoms with Crippen LogP contribution in [0.5, 0.6) is 0 Å². The maximum atomic E-state index is 8.90. The van der Waals surface area contributed by atoms with Gasteiger partial charge in [-0.05, 0) is 12.2 Å². The summed E-state index contributed by atoms with van der Waals surface area (Å²) in [6.45, 7) is 0.765. The first-order valence-electron chi connectivity index (χ1n) is 3.44. The molecular weight excluding hydrogens is 174 g/mol. The third-order valence-corrected chi connectivity index (χ3v) is 1.52. The number of thiocarbonyl (C=S) groups is 1. The monoisotopic (exact) mass is 183 g/mol. The number of hydrogen-bond donors (Lipinski definition) is 1. The fraction of sp³-hybridized carbons (Fsp3) is 0.571. The Morgan fingerprint density at radius 3 is 1.92 bits per heavy atom. The van der Waals surface area contributed by atoms with Crippen molar-refractivity contribution in [2.24, 2.45) is 0 Å². The summed E-state index contributed by atoms with van der Waals surface area (Å²) in [6.07, 6.45) is 0.595. The zero-order chi connectivity index (χ0) is 9.40. The van der Waals surface area contributed by atoms with Gasteiger partial charge in [0.05, 0.1) is 25.0 Å². The molecule has 64 valence electrons. The lowest BCUT2D eigenvalue weighted by atomic mass is 10.4. The Balaban J connectivity index is 3.82. The predicted octanol–water partition coefficient (Wildman–Crippen LogP) is 0.959. The average molecular weight is 183 g/mol. The molecule has 0 aliphatic heterocycles. The minimum Gasteiger partial charge on any atom is -0.486 e. The molecule has 0 unspecified atom stereocenters. The van der Waals surface area contributed by atoms with E-state index in [2.05, 4.69) is 12.2 Å². The van der Waals surface area contributed by atoms with E-state index >= 15 is 0 Å². The van der Waals surface area contributed by atoms with Gasteiger partial charge >= 0.3 is 0 Å². The summed E-state index contributed by atoms with van der Waals surface area (Å²) in [6, 6.07) is 3.87. The van der Waals surface area contributed by atoms with E-state index in [0.717, 1.165) is 0 Å². The Morgan fingerprint density at radius 1 is 1.25 bits per heavy atom. The maximum Gasteiger partial charge on any atom is 0.256 e. The lowest BCUT2D eigenvalue weighted by Gasteiger charge is -2.17. The van der Waals surface area contributed by atoms with Gasteiger partial charge in [-0.1, -0.05) is 0 Å². The van der Waals surface area contributed by atoms with Gasteiger partial charge in [0.2, 0.25) is 0 Å².